The monoisotopic (exact) mass is 389 g/mol. The fraction of sp³-hybridized carbons (Fsp3) is 0.348. The molecule has 0 fully saturated rings. The molecule has 0 bridgehead atoms. The Morgan fingerprint density at radius 2 is 1.97 bits per heavy atom. The molecule has 6 heteroatoms. The van der Waals surface area contributed by atoms with Gasteiger partial charge >= 0.3 is 0 Å². The Hall–Kier alpha value is -3.15. The van der Waals surface area contributed by atoms with E-state index in [0.29, 0.717) is 24.7 Å². The van der Waals surface area contributed by atoms with Crippen molar-refractivity contribution in [3.8, 4) is 5.75 Å². The summed E-state index contributed by atoms with van der Waals surface area (Å²) in [6.07, 6.45) is 2.40. The standard InChI is InChI=1S/C23H23N3O3/c1-14-24-25-22(29-14)21-11-16-5-3-4-6-17(16)13-26(21)23(27)19-10-8-15-7-9-18(28-2)12-20(15)19/h3-7,9,12,19,21H,8,10-11,13H2,1-2H3. The Kier molecular flexibility index (Phi) is 4.34. The number of ether oxygens (including phenoxy) is 1. The van der Waals surface area contributed by atoms with E-state index < -0.39 is 0 Å². The maximum absolute atomic E-state index is 13.8. The third-order valence-electron chi connectivity index (χ3n) is 6.09. The summed E-state index contributed by atoms with van der Waals surface area (Å²) in [5.74, 6) is 1.76. The highest BCUT2D eigenvalue weighted by molar-refractivity contribution is 5.86. The highest BCUT2D eigenvalue weighted by atomic mass is 16.5. The number of nitrogens with zero attached hydrogens (tertiary/aromatic N) is 3. The Morgan fingerprint density at radius 3 is 2.72 bits per heavy atom. The fourth-order valence-corrected chi connectivity index (χ4v) is 4.59. The van der Waals surface area contributed by atoms with Crippen LogP contribution in [-0.2, 0) is 24.2 Å². The number of benzene rings is 2. The zero-order valence-electron chi connectivity index (χ0n) is 16.6. The van der Waals surface area contributed by atoms with Gasteiger partial charge in [-0.1, -0.05) is 30.3 Å². The van der Waals surface area contributed by atoms with Gasteiger partial charge in [-0.05, 0) is 47.2 Å². The second-order valence-electron chi connectivity index (χ2n) is 7.77. The summed E-state index contributed by atoms with van der Waals surface area (Å²) in [5, 5.41) is 8.24. The molecular weight excluding hydrogens is 366 g/mol. The second-order valence-corrected chi connectivity index (χ2v) is 7.77. The van der Waals surface area contributed by atoms with Gasteiger partial charge in [0.1, 0.15) is 11.8 Å². The van der Waals surface area contributed by atoms with Gasteiger partial charge in [-0.2, -0.15) is 0 Å². The predicted molar refractivity (Wildman–Crippen MR) is 107 cm³/mol. The molecule has 6 nitrogen and oxygen atoms in total. The van der Waals surface area contributed by atoms with E-state index in [-0.39, 0.29) is 17.9 Å². The lowest BCUT2D eigenvalue weighted by Gasteiger charge is -2.36. The lowest BCUT2D eigenvalue weighted by Crippen LogP contribution is -2.41. The molecular formula is C23H23N3O3. The van der Waals surface area contributed by atoms with Crippen molar-refractivity contribution in [3.05, 3.63) is 76.5 Å². The Balaban J connectivity index is 1.52. The number of carbonyl (C=O) groups excluding carboxylic acids is 1. The van der Waals surface area contributed by atoms with Gasteiger partial charge in [0.25, 0.3) is 0 Å². The summed E-state index contributed by atoms with van der Waals surface area (Å²) < 4.78 is 11.1. The number of carbonyl (C=O) groups is 1. The molecule has 148 valence electrons. The molecule has 1 aliphatic heterocycles. The second kappa shape index (κ2) is 7.03. The molecule has 0 saturated heterocycles. The Morgan fingerprint density at radius 1 is 1.14 bits per heavy atom. The zero-order valence-corrected chi connectivity index (χ0v) is 16.6. The largest absolute Gasteiger partial charge is 0.497 e. The molecule has 0 radical (unpaired) electrons. The average molecular weight is 389 g/mol. The molecule has 5 rings (SSSR count). The summed E-state index contributed by atoms with van der Waals surface area (Å²) in [6.45, 7) is 2.33. The summed E-state index contributed by atoms with van der Waals surface area (Å²) in [4.78, 5) is 15.7. The molecule has 2 aliphatic rings. The van der Waals surface area contributed by atoms with Gasteiger partial charge in [-0.3, -0.25) is 4.79 Å². The quantitative estimate of drug-likeness (QED) is 0.683. The minimum atomic E-state index is -0.242. The number of amides is 1. The Bertz CT molecular complexity index is 1070. The van der Waals surface area contributed by atoms with E-state index in [1.54, 1.807) is 14.0 Å². The molecule has 2 unspecified atom stereocenters. The van der Waals surface area contributed by atoms with Gasteiger partial charge in [-0.25, -0.2) is 0 Å². The maximum atomic E-state index is 13.8. The molecule has 1 aliphatic carbocycles. The molecule has 2 atom stereocenters. The molecule has 0 spiro atoms. The first kappa shape index (κ1) is 17.9. The maximum Gasteiger partial charge on any atom is 0.239 e. The topological polar surface area (TPSA) is 68.5 Å². The van der Waals surface area contributed by atoms with Crippen LogP contribution in [0.5, 0.6) is 5.75 Å². The smallest absolute Gasteiger partial charge is 0.239 e. The van der Waals surface area contributed by atoms with Crippen molar-refractivity contribution in [2.75, 3.05) is 7.11 Å². The number of methoxy groups -OCH3 is 1. The van der Waals surface area contributed by atoms with Crippen LogP contribution in [0.1, 0.15) is 52.4 Å². The van der Waals surface area contributed by atoms with Crippen LogP contribution in [0, 0.1) is 6.92 Å². The molecule has 1 aromatic heterocycles. The minimum Gasteiger partial charge on any atom is -0.497 e. The van der Waals surface area contributed by atoms with Crippen molar-refractivity contribution >= 4 is 5.91 Å². The van der Waals surface area contributed by atoms with Crippen LogP contribution in [-0.4, -0.2) is 28.1 Å². The lowest BCUT2D eigenvalue weighted by molar-refractivity contribution is -0.137. The number of aryl methyl sites for hydroxylation is 2. The van der Waals surface area contributed by atoms with Crippen LogP contribution < -0.4 is 4.74 Å². The molecule has 2 heterocycles. The predicted octanol–water partition coefficient (Wildman–Crippen LogP) is 3.74. The van der Waals surface area contributed by atoms with Crippen molar-refractivity contribution in [1.82, 2.24) is 15.1 Å². The molecule has 1 amide bonds. The summed E-state index contributed by atoms with van der Waals surface area (Å²) >= 11 is 0. The highest BCUT2D eigenvalue weighted by Crippen LogP contribution is 2.40. The van der Waals surface area contributed by atoms with Gasteiger partial charge in [0.2, 0.25) is 17.7 Å². The first-order valence-electron chi connectivity index (χ1n) is 9.98. The van der Waals surface area contributed by atoms with Crippen LogP contribution in [0.2, 0.25) is 0 Å². The van der Waals surface area contributed by atoms with Crippen LogP contribution in [0.3, 0.4) is 0 Å². The molecule has 3 aromatic rings. The van der Waals surface area contributed by atoms with E-state index in [0.717, 1.165) is 24.2 Å². The van der Waals surface area contributed by atoms with Crippen molar-refractivity contribution in [2.24, 2.45) is 0 Å². The molecule has 2 aromatic carbocycles. The fourth-order valence-electron chi connectivity index (χ4n) is 4.59. The number of hydrogen-bond donors (Lipinski definition) is 0. The van der Waals surface area contributed by atoms with Crippen LogP contribution in [0.4, 0.5) is 0 Å². The average Bonchev–Trinajstić information content (AvgIpc) is 3.38. The Labute approximate surface area is 169 Å². The molecule has 0 saturated carbocycles. The SMILES string of the molecule is COc1ccc2c(c1)C(C(=O)N1Cc3ccccc3CC1c1nnc(C)o1)CC2. The number of aromatic nitrogens is 2. The van der Waals surface area contributed by atoms with E-state index >= 15 is 0 Å². The van der Waals surface area contributed by atoms with Crippen LogP contribution in [0.15, 0.2) is 46.9 Å². The lowest BCUT2D eigenvalue weighted by atomic mass is 9.91. The van der Waals surface area contributed by atoms with E-state index in [4.69, 9.17) is 9.15 Å². The third kappa shape index (κ3) is 3.09. The first-order valence-corrected chi connectivity index (χ1v) is 9.98. The highest BCUT2D eigenvalue weighted by Gasteiger charge is 2.39. The van der Waals surface area contributed by atoms with Gasteiger partial charge in [0, 0.05) is 19.9 Å². The number of rotatable bonds is 3. The first-order chi connectivity index (χ1) is 14.1. The van der Waals surface area contributed by atoms with E-state index in [2.05, 4.69) is 28.4 Å². The van der Waals surface area contributed by atoms with Crippen LogP contribution >= 0.6 is 0 Å². The van der Waals surface area contributed by atoms with Gasteiger partial charge in [0.05, 0.1) is 13.0 Å². The van der Waals surface area contributed by atoms with E-state index in [9.17, 15) is 4.79 Å². The van der Waals surface area contributed by atoms with Crippen molar-refractivity contribution in [2.45, 2.75) is 44.7 Å². The van der Waals surface area contributed by atoms with Crippen LogP contribution in [0.25, 0.3) is 0 Å². The van der Waals surface area contributed by atoms with Crippen molar-refractivity contribution in [3.63, 3.8) is 0 Å². The number of fused-ring (bicyclic) bond motifs is 2. The van der Waals surface area contributed by atoms with E-state index in [1.165, 1.54) is 16.7 Å². The summed E-state index contributed by atoms with van der Waals surface area (Å²) in [7, 11) is 1.66. The number of hydrogen-bond acceptors (Lipinski definition) is 5. The normalized spacial score (nSPS) is 20.3. The summed E-state index contributed by atoms with van der Waals surface area (Å²) in [6, 6.07) is 14.1. The molecule has 0 N–H and O–H groups in total. The van der Waals surface area contributed by atoms with Gasteiger partial charge < -0.3 is 14.1 Å². The van der Waals surface area contributed by atoms with Crippen molar-refractivity contribution in [1.29, 1.82) is 0 Å². The summed E-state index contributed by atoms with van der Waals surface area (Å²) in [5.41, 5.74) is 4.71. The van der Waals surface area contributed by atoms with E-state index in [1.807, 2.05) is 29.2 Å². The van der Waals surface area contributed by atoms with Gasteiger partial charge in [0.15, 0.2) is 0 Å². The van der Waals surface area contributed by atoms with Crippen molar-refractivity contribution < 1.29 is 13.9 Å². The van der Waals surface area contributed by atoms with Gasteiger partial charge in [-0.15, -0.1) is 10.2 Å². The zero-order chi connectivity index (χ0) is 20.0. The molecule has 29 heavy (non-hydrogen) atoms. The third-order valence-corrected chi connectivity index (χ3v) is 6.09. The minimum absolute atomic E-state index is 0.118.